The van der Waals surface area contributed by atoms with Crippen LogP contribution in [0.1, 0.15) is 46.0 Å². The molecule has 1 aliphatic rings. The third kappa shape index (κ3) is 1.37. The predicted octanol–water partition coefficient (Wildman–Crippen LogP) is 1.49. The lowest BCUT2D eigenvalue weighted by molar-refractivity contribution is 0.0766. The molecule has 2 rings (SSSR count). The highest BCUT2D eigenvalue weighted by Gasteiger charge is 2.32. The van der Waals surface area contributed by atoms with E-state index < -0.39 is 11.8 Å². The Kier molecular flexibility index (Phi) is 2.14. The minimum atomic E-state index is -0.426. The van der Waals surface area contributed by atoms with Crippen LogP contribution in [-0.2, 0) is 0 Å². The zero-order valence-electron chi connectivity index (χ0n) is 8.65. The number of imide groups is 1. The van der Waals surface area contributed by atoms with E-state index in [9.17, 15) is 9.59 Å². The van der Waals surface area contributed by atoms with Gasteiger partial charge in [0, 0.05) is 0 Å². The van der Waals surface area contributed by atoms with E-state index >= 15 is 0 Å². The lowest BCUT2D eigenvalue weighted by Gasteiger charge is -2.05. The molecule has 74 valence electrons. The molecule has 0 saturated carbocycles. The van der Waals surface area contributed by atoms with Crippen LogP contribution < -0.4 is 0 Å². The smallest absolute Gasteiger partial charge is 0.248 e. The fourth-order valence-corrected chi connectivity index (χ4v) is 1.64. The summed E-state index contributed by atoms with van der Waals surface area (Å²) in [6, 6.07) is 5.26. The molecule has 4 heteroatoms. The van der Waals surface area contributed by atoms with Gasteiger partial charge in [-0.2, -0.15) is 0 Å². The van der Waals surface area contributed by atoms with Crippen LogP contribution in [0.3, 0.4) is 0 Å². The van der Waals surface area contributed by atoms with Crippen LogP contribution in [0, 0.1) is 0 Å². The Bertz CT molecular complexity index is 454. The van der Waals surface area contributed by atoms with Gasteiger partial charge in [-0.3, -0.25) is 9.59 Å². The number of benzene rings is 1. The zero-order valence-corrected chi connectivity index (χ0v) is 8.65. The standard InChI is InChI=1S/C11H10BNO2/c1-6(2)7-3-4-8-9(5-7)11(15)13(12)10(8)14/h3-6H,1-2H3. The fourth-order valence-electron chi connectivity index (χ4n) is 1.64. The largest absolute Gasteiger partial charge is 0.332 e. The van der Waals surface area contributed by atoms with E-state index in [1.807, 2.05) is 19.9 Å². The van der Waals surface area contributed by atoms with Gasteiger partial charge >= 0.3 is 0 Å². The Morgan fingerprint density at radius 2 is 1.73 bits per heavy atom. The van der Waals surface area contributed by atoms with E-state index in [0.29, 0.717) is 21.9 Å². The van der Waals surface area contributed by atoms with E-state index in [1.165, 1.54) is 0 Å². The molecule has 0 aliphatic carbocycles. The van der Waals surface area contributed by atoms with Crippen molar-refractivity contribution in [1.29, 1.82) is 0 Å². The number of carbonyl (C=O) groups is 2. The number of hydrogen-bond donors (Lipinski definition) is 0. The molecule has 0 N–H and O–H groups in total. The number of nitrogens with zero attached hydrogens (tertiary/aromatic N) is 1. The molecule has 0 fully saturated rings. The van der Waals surface area contributed by atoms with Crippen LogP contribution in [-0.4, -0.2) is 24.6 Å². The number of carbonyl (C=O) groups excluding carboxylic acids is 2. The highest BCUT2D eigenvalue weighted by molar-refractivity contribution is 6.36. The molecule has 1 heterocycles. The lowest BCUT2D eigenvalue weighted by Crippen LogP contribution is -2.26. The highest BCUT2D eigenvalue weighted by atomic mass is 16.2. The molecule has 0 bridgehead atoms. The molecule has 1 aliphatic heterocycles. The summed E-state index contributed by atoms with van der Waals surface area (Å²) in [5, 5.41) is 0. The van der Waals surface area contributed by atoms with Gasteiger partial charge in [-0.25, -0.2) is 0 Å². The van der Waals surface area contributed by atoms with Gasteiger partial charge in [-0.1, -0.05) is 19.9 Å². The van der Waals surface area contributed by atoms with Crippen LogP contribution in [0.2, 0.25) is 0 Å². The van der Waals surface area contributed by atoms with Gasteiger partial charge in [0.2, 0.25) is 19.8 Å². The highest BCUT2D eigenvalue weighted by Crippen LogP contribution is 2.25. The van der Waals surface area contributed by atoms with E-state index in [-0.39, 0.29) is 0 Å². The second-order valence-corrected chi connectivity index (χ2v) is 3.94. The van der Waals surface area contributed by atoms with Gasteiger partial charge in [0.25, 0.3) is 0 Å². The maximum absolute atomic E-state index is 11.6. The Labute approximate surface area is 89.5 Å². The van der Waals surface area contributed by atoms with Crippen LogP contribution in [0.15, 0.2) is 18.2 Å². The summed E-state index contributed by atoms with van der Waals surface area (Å²) in [5.74, 6) is -0.521. The number of fused-ring (bicyclic) bond motifs is 1. The summed E-state index contributed by atoms with van der Waals surface area (Å²) in [6.07, 6.45) is 0. The molecule has 0 unspecified atom stereocenters. The maximum atomic E-state index is 11.6. The van der Waals surface area contributed by atoms with Crippen molar-refractivity contribution in [3.05, 3.63) is 34.9 Å². The number of rotatable bonds is 1. The van der Waals surface area contributed by atoms with E-state index in [1.54, 1.807) is 12.1 Å². The molecule has 3 nitrogen and oxygen atoms in total. The van der Waals surface area contributed by atoms with Crippen molar-refractivity contribution in [2.45, 2.75) is 19.8 Å². The second-order valence-electron chi connectivity index (χ2n) is 3.94. The second kappa shape index (κ2) is 3.23. The first-order valence-electron chi connectivity index (χ1n) is 4.80. The number of amides is 2. The quantitative estimate of drug-likeness (QED) is 0.507. The van der Waals surface area contributed by atoms with Crippen molar-refractivity contribution in [3.63, 3.8) is 0 Å². The first-order chi connectivity index (χ1) is 7.02. The van der Waals surface area contributed by atoms with Crippen LogP contribution in [0.25, 0.3) is 0 Å². The minimum absolute atomic E-state index is 0.324. The Hall–Kier alpha value is -1.58. The van der Waals surface area contributed by atoms with E-state index in [4.69, 9.17) is 7.98 Å². The third-order valence-corrected chi connectivity index (χ3v) is 2.61. The van der Waals surface area contributed by atoms with Gasteiger partial charge < -0.3 is 4.81 Å². The Balaban J connectivity index is 2.57. The number of hydrogen-bond acceptors (Lipinski definition) is 2. The Morgan fingerprint density at radius 1 is 1.13 bits per heavy atom. The topological polar surface area (TPSA) is 37.4 Å². The molecular weight excluding hydrogens is 189 g/mol. The molecule has 15 heavy (non-hydrogen) atoms. The molecule has 2 radical (unpaired) electrons. The summed E-state index contributed by atoms with van der Waals surface area (Å²) >= 11 is 0. The summed E-state index contributed by atoms with van der Waals surface area (Å²) in [7, 11) is 5.33. The Morgan fingerprint density at radius 3 is 2.33 bits per heavy atom. The lowest BCUT2D eigenvalue weighted by atomic mass is 9.98. The first-order valence-corrected chi connectivity index (χ1v) is 4.80. The maximum Gasteiger partial charge on any atom is 0.248 e. The van der Waals surface area contributed by atoms with E-state index in [0.717, 1.165) is 5.56 Å². The van der Waals surface area contributed by atoms with Gasteiger partial charge in [0.15, 0.2) is 0 Å². The van der Waals surface area contributed by atoms with Gasteiger partial charge in [-0.05, 0) is 23.6 Å². The van der Waals surface area contributed by atoms with Gasteiger partial charge in [0.05, 0.1) is 11.1 Å². The van der Waals surface area contributed by atoms with Crippen molar-refractivity contribution in [2.75, 3.05) is 0 Å². The molecule has 0 atom stereocenters. The summed E-state index contributed by atoms with van der Waals surface area (Å²) in [4.78, 5) is 23.7. The molecule has 2 amide bonds. The third-order valence-electron chi connectivity index (χ3n) is 2.61. The fraction of sp³-hybridized carbons (Fsp3) is 0.273. The molecule has 1 aromatic carbocycles. The molecule has 0 aromatic heterocycles. The monoisotopic (exact) mass is 199 g/mol. The van der Waals surface area contributed by atoms with Crippen molar-refractivity contribution < 1.29 is 9.59 Å². The SMILES string of the molecule is [B]N1C(=O)c2ccc(C(C)C)cc2C1=O. The van der Waals surface area contributed by atoms with Gasteiger partial charge in [0.1, 0.15) is 0 Å². The molecule has 0 saturated heterocycles. The summed E-state index contributed by atoms with van der Waals surface area (Å²) < 4.78 is 0. The van der Waals surface area contributed by atoms with Crippen molar-refractivity contribution in [3.8, 4) is 0 Å². The first kappa shape index (κ1) is 9.96. The molecule has 0 spiro atoms. The zero-order chi connectivity index (χ0) is 11.2. The van der Waals surface area contributed by atoms with E-state index in [2.05, 4.69) is 0 Å². The van der Waals surface area contributed by atoms with Crippen LogP contribution in [0.5, 0.6) is 0 Å². The molecular formula is C11H10BNO2. The minimum Gasteiger partial charge on any atom is -0.332 e. The van der Waals surface area contributed by atoms with Crippen molar-refractivity contribution in [2.24, 2.45) is 0 Å². The van der Waals surface area contributed by atoms with Gasteiger partial charge in [-0.15, -0.1) is 0 Å². The average Bonchev–Trinajstić information content (AvgIpc) is 2.44. The van der Waals surface area contributed by atoms with Crippen molar-refractivity contribution in [1.82, 2.24) is 4.81 Å². The predicted molar refractivity (Wildman–Crippen MR) is 56.8 cm³/mol. The van der Waals surface area contributed by atoms with Crippen LogP contribution >= 0.6 is 0 Å². The summed E-state index contributed by atoms with van der Waals surface area (Å²) in [5.41, 5.74) is 1.84. The van der Waals surface area contributed by atoms with Crippen molar-refractivity contribution >= 4 is 19.8 Å². The normalized spacial score (nSPS) is 15.0. The summed E-state index contributed by atoms with van der Waals surface area (Å²) in [6.45, 7) is 4.06. The van der Waals surface area contributed by atoms with Crippen LogP contribution in [0.4, 0.5) is 0 Å². The molecule has 1 aromatic rings. The average molecular weight is 199 g/mol.